The van der Waals surface area contributed by atoms with Crippen molar-refractivity contribution in [3.63, 3.8) is 0 Å². The lowest BCUT2D eigenvalue weighted by molar-refractivity contribution is 0.238. The van der Waals surface area contributed by atoms with Crippen LogP contribution >= 0.6 is 0 Å². The summed E-state index contributed by atoms with van der Waals surface area (Å²) >= 11 is 0. The van der Waals surface area contributed by atoms with Crippen molar-refractivity contribution in [1.82, 2.24) is 25.3 Å². The molecule has 0 fully saturated rings. The summed E-state index contributed by atoms with van der Waals surface area (Å²) in [4.78, 5) is 7.06. The summed E-state index contributed by atoms with van der Waals surface area (Å²) in [6, 6.07) is 13.1. The Labute approximate surface area is 163 Å². The van der Waals surface area contributed by atoms with Gasteiger partial charge in [-0.25, -0.2) is 0 Å². The molecule has 6 nitrogen and oxygen atoms in total. The Morgan fingerprint density at radius 1 is 1.22 bits per heavy atom. The highest BCUT2D eigenvalue weighted by Crippen LogP contribution is 2.07. The second-order valence-electron chi connectivity index (χ2n) is 6.85. The fourth-order valence-corrected chi connectivity index (χ4v) is 2.85. The second kappa shape index (κ2) is 12.1. The van der Waals surface area contributed by atoms with Gasteiger partial charge in [0.05, 0.1) is 0 Å². The van der Waals surface area contributed by atoms with Crippen molar-refractivity contribution in [3.05, 3.63) is 54.4 Å². The molecule has 0 amide bonds. The van der Waals surface area contributed by atoms with E-state index in [2.05, 4.69) is 76.9 Å². The first-order valence-corrected chi connectivity index (χ1v) is 9.92. The third kappa shape index (κ3) is 8.26. The number of nitrogens with zero attached hydrogens (tertiary/aromatic N) is 4. The standard InChI is InChI=1S/C21H34N6/c1-4-22-21(23-13-8-16-27-17-9-14-25-27)24-15-12-19(2)26(3)18-20-10-6-5-7-11-20/h5-7,9-11,14,17,19H,4,8,12-13,15-16,18H2,1-3H3,(H2,22,23,24). The molecule has 0 saturated heterocycles. The summed E-state index contributed by atoms with van der Waals surface area (Å²) in [5, 5.41) is 11.0. The minimum Gasteiger partial charge on any atom is -0.357 e. The van der Waals surface area contributed by atoms with Crippen molar-refractivity contribution in [2.75, 3.05) is 26.7 Å². The molecule has 27 heavy (non-hydrogen) atoms. The molecule has 1 atom stereocenters. The molecule has 1 heterocycles. The molecule has 0 aliphatic heterocycles. The van der Waals surface area contributed by atoms with E-state index in [-0.39, 0.29) is 0 Å². The minimum atomic E-state index is 0.500. The monoisotopic (exact) mass is 370 g/mol. The van der Waals surface area contributed by atoms with Crippen LogP contribution in [0.3, 0.4) is 0 Å². The van der Waals surface area contributed by atoms with Crippen molar-refractivity contribution in [2.45, 2.75) is 45.8 Å². The number of aromatic nitrogens is 2. The molecule has 2 aromatic rings. The van der Waals surface area contributed by atoms with Crippen LogP contribution in [0, 0.1) is 0 Å². The second-order valence-corrected chi connectivity index (χ2v) is 6.85. The van der Waals surface area contributed by atoms with Crippen molar-refractivity contribution in [2.24, 2.45) is 4.99 Å². The van der Waals surface area contributed by atoms with Crippen LogP contribution in [0.4, 0.5) is 0 Å². The van der Waals surface area contributed by atoms with Gasteiger partial charge in [0.1, 0.15) is 0 Å². The van der Waals surface area contributed by atoms with E-state index in [1.54, 1.807) is 0 Å². The van der Waals surface area contributed by atoms with Crippen LogP contribution in [-0.2, 0) is 13.1 Å². The number of guanidine groups is 1. The number of hydrogen-bond donors (Lipinski definition) is 2. The molecule has 2 rings (SSSR count). The Morgan fingerprint density at radius 2 is 2.04 bits per heavy atom. The van der Waals surface area contributed by atoms with E-state index in [0.717, 1.165) is 51.5 Å². The van der Waals surface area contributed by atoms with Gasteiger partial charge in [-0.05, 0) is 45.4 Å². The molecule has 0 aliphatic rings. The number of benzene rings is 1. The average Bonchev–Trinajstić information content (AvgIpc) is 3.19. The van der Waals surface area contributed by atoms with Crippen molar-refractivity contribution in [3.8, 4) is 0 Å². The van der Waals surface area contributed by atoms with Crippen LogP contribution in [0.2, 0.25) is 0 Å². The number of aliphatic imine (C=N–C) groups is 1. The fraction of sp³-hybridized carbons (Fsp3) is 0.524. The third-order valence-electron chi connectivity index (χ3n) is 4.60. The topological polar surface area (TPSA) is 57.5 Å². The zero-order chi connectivity index (χ0) is 19.3. The SMILES string of the molecule is CCNC(=NCCCn1cccn1)NCCC(C)N(C)Cc1ccccc1. The zero-order valence-electron chi connectivity index (χ0n) is 16.9. The van der Waals surface area contributed by atoms with Crippen LogP contribution in [0.1, 0.15) is 32.3 Å². The predicted octanol–water partition coefficient (Wildman–Crippen LogP) is 2.74. The number of aryl methyl sites for hydroxylation is 1. The van der Waals surface area contributed by atoms with E-state index in [9.17, 15) is 0 Å². The predicted molar refractivity (Wildman–Crippen MR) is 113 cm³/mol. The Hall–Kier alpha value is -2.34. The van der Waals surface area contributed by atoms with Gasteiger partial charge >= 0.3 is 0 Å². The molecule has 0 saturated carbocycles. The molecule has 0 spiro atoms. The van der Waals surface area contributed by atoms with E-state index >= 15 is 0 Å². The molecule has 0 bridgehead atoms. The molecule has 0 radical (unpaired) electrons. The lowest BCUT2D eigenvalue weighted by atomic mass is 10.1. The first kappa shape index (κ1) is 21.0. The van der Waals surface area contributed by atoms with Gasteiger partial charge in [-0.15, -0.1) is 0 Å². The summed E-state index contributed by atoms with van der Waals surface area (Å²) in [5.74, 6) is 0.899. The van der Waals surface area contributed by atoms with E-state index in [1.807, 2.05) is 23.1 Å². The highest BCUT2D eigenvalue weighted by molar-refractivity contribution is 5.79. The van der Waals surface area contributed by atoms with E-state index in [1.165, 1.54) is 5.56 Å². The first-order chi connectivity index (χ1) is 13.2. The van der Waals surface area contributed by atoms with Gasteiger partial charge in [0.25, 0.3) is 0 Å². The maximum absolute atomic E-state index is 4.66. The summed E-state index contributed by atoms with van der Waals surface area (Å²) in [7, 11) is 2.19. The van der Waals surface area contributed by atoms with Gasteiger partial charge < -0.3 is 10.6 Å². The molecule has 1 aromatic carbocycles. The molecule has 1 unspecified atom stereocenters. The van der Waals surface area contributed by atoms with Crippen molar-refractivity contribution in [1.29, 1.82) is 0 Å². The lowest BCUT2D eigenvalue weighted by Gasteiger charge is -2.25. The summed E-state index contributed by atoms with van der Waals surface area (Å²) < 4.78 is 1.94. The minimum absolute atomic E-state index is 0.500. The zero-order valence-corrected chi connectivity index (χ0v) is 16.9. The number of hydrogen-bond acceptors (Lipinski definition) is 3. The Morgan fingerprint density at radius 3 is 2.74 bits per heavy atom. The quantitative estimate of drug-likeness (QED) is 0.363. The summed E-state index contributed by atoms with van der Waals surface area (Å²) in [5.41, 5.74) is 1.35. The van der Waals surface area contributed by atoms with Crippen LogP contribution in [0.15, 0.2) is 53.8 Å². The largest absolute Gasteiger partial charge is 0.357 e. The molecule has 6 heteroatoms. The molecule has 0 aliphatic carbocycles. The van der Waals surface area contributed by atoms with Gasteiger partial charge in [0.2, 0.25) is 0 Å². The van der Waals surface area contributed by atoms with E-state index < -0.39 is 0 Å². The molecular weight excluding hydrogens is 336 g/mol. The van der Waals surface area contributed by atoms with Crippen molar-refractivity contribution >= 4 is 5.96 Å². The van der Waals surface area contributed by atoms with E-state index in [0.29, 0.717) is 6.04 Å². The highest BCUT2D eigenvalue weighted by atomic mass is 15.3. The summed E-state index contributed by atoms with van der Waals surface area (Å²) in [6.45, 7) is 8.81. The Kier molecular flexibility index (Phi) is 9.41. The Balaban J connectivity index is 1.68. The van der Waals surface area contributed by atoms with Gasteiger partial charge in [-0.2, -0.15) is 5.10 Å². The Bertz CT molecular complexity index is 638. The average molecular weight is 371 g/mol. The molecule has 148 valence electrons. The van der Waals surface area contributed by atoms with Crippen LogP contribution in [-0.4, -0.2) is 53.4 Å². The normalized spacial score (nSPS) is 13.0. The van der Waals surface area contributed by atoms with Crippen LogP contribution in [0.25, 0.3) is 0 Å². The maximum Gasteiger partial charge on any atom is 0.191 e. The van der Waals surface area contributed by atoms with Gasteiger partial charge in [0, 0.05) is 51.2 Å². The lowest BCUT2D eigenvalue weighted by Crippen LogP contribution is -2.40. The fourth-order valence-electron chi connectivity index (χ4n) is 2.85. The van der Waals surface area contributed by atoms with Crippen molar-refractivity contribution < 1.29 is 0 Å². The first-order valence-electron chi connectivity index (χ1n) is 9.92. The number of rotatable bonds is 11. The van der Waals surface area contributed by atoms with Crippen LogP contribution in [0.5, 0.6) is 0 Å². The smallest absolute Gasteiger partial charge is 0.191 e. The maximum atomic E-state index is 4.66. The third-order valence-corrected chi connectivity index (χ3v) is 4.60. The van der Waals surface area contributed by atoms with Gasteiger partial charge in [-0.3, -0.25) is 14.6 Å². The van der Waals surface area contributed by atoms with Crippen LogP contribution < -0.4 is 10.6 Å². The molecular formula is C21H34N6. The molecule has 2 N–H and O–H groups in total. The molecule has 1 aromatic heterocycles. The van der Waals surface area contributed by atoms with E-state index in [4.69, 9.17) is 0 Å². The summed E-state index contributed by atoms with van der Waals surface area (Å²) in [6.07, 6.45) is 5.85. The van der Waals surface area contributed by atoms with Gasteiger partial charge in [0.15, 0.2) is 5.96 Å². The number of nitrogens with one attached hydrogen (secondary N) is 2. The van der Waals surface area contributed by atoms with Gasteiger partial charge in [-0.1, -0.05) is 30.3 Å². The highest BCUT2D eigenvalue weighted by Gasteiger charge is 2.09.